The van der Waals surface area contributed by atoms with Crippen molar-refractivity contribution in [2.24, 2.45) is 22.9 Å². The highest BCUT2D eigenvalue weighted by molar-refractivity contribution is 3.95. The van der Waals surface area contributed by atoms with Gasteiger partial charge in [-0.2, -0.15) is 0 Å². The normalized spacial score (nSPS) is 6.00. The van der Waals surface area contributed by atoms with Gasteiger partial charge in [-0.1, -0.05) is 0 Å². The molecule has 8 N–H and O–H groups in total. The lowest BCUT2D eigenvalue weighted by molar-refractivity contribution is 1.07. The van der Waals surface area contributed by atoms with E-state index in [1.165, 1.54) is 0 Å². The molecule has 0 unspecified atom stereocenters. The van der Waals surface area contributed by atoms with Crippen molar-refractivity contribution in [3.8, 4) is 0 Å². The van der Waals surface area contributed by atoms with Crippen molar-refractivity contribution in [1.82, 2.24) is 0 Å². The highest BCUT2D eigenvalue weighted by Crippen LogP contribution is 0.864. The van der Waals surface area contributed by atoms with Gasteiger partial charge in [0.25, 0.3) is 0 Å². The van der Waals surface area contributed by atoms with E-state index in [9.17, 15) is 0 Å². The minimum atomic E-state index is 0.250. The van der Waals surface area contributed by atoms with Crippen LogP contribution >= 0.6 is 0 Å². The van der Waals surface area contributed by atoms with Crippen LogP contribution in [0.1, 0.15) is 0 Å². The summed E-state index contributed by atoms with van der Waals surface area (Å²) in [7, 11) is 0. The molecule has 0 aliphatic rings. The van der Waals surface area contributed by atoms with Crippen molar-refractivity contribution in [3.05, 3.63) is 0 Å². The Balaban J connectivity index is 0. The quantitative estimate of drug-likeness (QED) is 0.253. The zero-order valence-electron chi connectivity index (χ0n) is 3.72. The van der Waals surface area contributed by atoms with E-state index in [0.717, 1.165) is 0 Å². The van der Waals surface area contributed by atoms with Crippen LogP contribution in [0.5, 0.6) is 0 Å². The van der Waals surface area contributed by atoms with Crippen LogP contribution in [-0.2, 0) is 0 Å². The highest BCUT2D eigenvalue weighted by atomic mass is 14.7. The molecule has 0 aliphatic heterocycles. The van der Waals surface area contributed by atoms with Gasteiger partial charge in [0.1, 0.15) is 0 Å². The van der Waals surface area contributed by atoms with Crippen LogP contribution in [0.25, 0.3) is 0 Å². The molecule has 0 fully saturated rings. The fourth-order valence-electron chi connectivity index (χ4n) is 0. The third kappa shape index (κ3) is 1210. The lowest BCUT2D eigenvalue weighted by Crippen LogP contribution is -2.08. The van der Waals surface area contributed by atoms with Gasteiger partial charge in [-0.3, -0.25) is 0 Å². The van der Waals surface area contributed by atoms with Gasteiger partial charge in [0.15, 0.2) is 0 Å². The van der Waals surface area contributed by atoms with Crippen LogP contribution in [0.3, 0.4) is 0 Å². The minimum absolute atomic E-state index is 0.250. The average molecular weight is 92.1 g/mol. The third-order valence-corrected chi connectivity index (χ3v) is 0. The van der Waals surface area contributed by atoms with E-state index in [2.05, 4.69) is 22.9 Å². The fraction of sp³-hybridized carbons (Fsp3) is 1.00. The summed E-state index contributed by atoms with van der Waals surface area (Å²) in [6.45, 7) is 0.500. The first-order valence-electron chi connectivity index (χ1n) is 1.63. The highest BCUT2D eigenvalue weighted by Gasteiger charge is 1.29. The van der Waals surface area contributed by atoms with E-state index in [0.29, 0.717) is 0 Å². The summed E-state index contributed by atoms with van der Waals surface area (Å²) in [6, 6.07) is 0. The lowest BCUT2D eigenvalue weighted by atomic mass is 11.3. The van der Waals surface area contributed by atoms with Crippen molar-refractivity contribution in [3.63, 3.8) is 0 Å². The standard InChI is InChI=1S/2CH6N2/c2*2-1-3/h2*1-3H2. The Hall–Kier alpha value is -0.160. The second-order valence-electron chi connectivity index (χ2n) is 0.471. The Bertz CT molecular complexity index is 7.51. The molecule has 4 nitrogen and oxygen atoms in total. The smallest absolute Gasteiger partial charge is 0.0403 e. The molecule has 0 aliphatic carbocycles. The van der Waals surface area contributed by atoms with E-state index < -0.39 is 0 Å². The zero-order chi connectivity index (χ0) is 5.41. The Morgan fingerprint density at radius 1 is 0.667 bits per heavy atom. The number of hydrogen-bond acceptors (Lipinski definition) is 4. The molecule has 0 radical (unpaired) electrons. The molecule has 0 bridgehead atoms. The monoisotopic (exact) mass is 92.1 g/mol. The molecule has 0 amide bonds. The Labute approximate surface area is 37.5 Å². The first-order chi connectivity index (χ1) is 2.83. The van der Waals surface area contributed by atoms with Crippen molar-refractivity contribution in [2.75, 3.05) is 13.3 Å². The first kappa shape index (κ1) is 9.28. The largest absolute Gasteiger partial charge is 0.319 e. The van der Waals surface area contributed by atoms with Gasteiger partial charge in [0.2, 0.25) is 0 Å². The maximum atomic E-state index is 4.62. The van der Waals surface area contributed by atoms with Crippen LogP contribution < -0.4 is 22.9 Å². The van der Waals surface area contributed by atoms with E-state index >= 15 is 0 Å². The van der Waals surface area contributed by atoms with Crippen molar-refractivity contribution < 1.29 is 0 Å². The molecule has 0 rings (SSSR count). The number of rotatable bonds is 0. The van der Waals surface area contributed by atoms with Crippen LogP contribution in [0, 0.1) is 0 Å². The molecular weight excluding hydrogens is 80.0 g/mol. The van der Waals surface area contributed by atoms with Crippen LogP contribution in [0.2, 0.25) is 0 Å². The summed E-state index contributed by atoms with van der Waals surface area (Å²) in [5, 5.41) is 0. The van der Waals surface area contributed by atoms with E-state index in [-0.39, 0.29) is 13.3 Å². The molecule has 4 heteroatoms. The molecule has 0 aromatic rings. The summed E-state index contributed by atoms with van der Waals surface area (Å²) in [5.41, 5.74) is 18.5. The second kappa shape index (κ2) is 21.1. The lowest BCUT2D eigenvalue weighted by Gasteiger charge is -1.56. The summed E-state index contributed by atoms with van der Waals surface area (Å²) < 4.78 is 0. The maximum Gasteiger partial charge on any atom is 0.0403 e. The number of nitrogens with two attached hydrogens (primary N) is 4. The molecule has 0 aromatic carbocycles. The number of hydrogen-bond donors (Lipinski definition) is 4. The summed E-state index contributed by atoms with van der Waals surface area (Å²) in [6.07, 6.45) is 0. The molecule has 0 aromatic heterocycles. The Morgan fingerprint density at radius 3 is 0.667 bits per heavy atom. The fourth-order valence-corrected chi connectivity index (χ4v) is 0. The summed E-state index contributed by atoms with van der Waals surface area (Å²) >= 11 is 0. The average Bonchev–Trinajstić information content (AvgIpc) is 1.39. The van der Waals surface area contributed by atoms with E-state index in [4.69, 9.17) is 0 Å². The summed E-state index contributed by atoms with van der Waals surface area (Å²) in [5.74, 6) is 0. The Kier molecular flexibility index (Phi) is 32.6. The molecule has 0 saturated carbocycles. The van der Waals surface area contributed by atoms with Gasteiger partial charge in [0, 0.05) is 13.3 Å². The molecule has 0 heterocycles. The van der Waals surface area contributed by atoms with Crippen LogP contribution in [0.15, 0.2) is 0 Å². The molecular formula is C2H12N4. The SMILES string of the molecule is NCN.NCN. The summed E-state index contributed by atoms with van der Waals surface area (Å²) in [4.78, 5) is 0. The third-order valence-electron chi connectivity index (χ3n) is 0. The van der Waals surface area contributed by atoms with Crippen molar-refractivity contribution >= 4 is 0 Å². The second-order valence-corrected chi connectivity index (χ2v) is 0.471. The predicted molar refractivity (Wildman–Crippen MR) is 26.5 cm³/mol. The molecule has 0 atom stereocenters. The van der Waals surface area contributed by atoms with E-state index in [1.54, 1.807) is 0 Å². The predicted octanol–water partition coefficient (Wildman–Crippen LogP) is -2.28. The van der Waals surface area contributed by atoms with Gasteiger partial charge < -0.3 is 22.9 Å². The maximum absolute atomic E-state index is 4.62. The van der Waals surface area contributed by atoms with Crippen molar-refractivity contribution in [1.29, 1.82) is 0 Å². The first-order valence-corrected chi connectivity index (χ1v) is 1.63. The van der Waals surface area contributed by atoms with Gasteiger partial charge in [-0.05, 0) is 0 Å². The van der Waals surface area contributed by atoms with Gasteiger partial charge in [0.05, 0.1) is 0 Å². The molecule has 0 saturated heterocycles. The van der Waals surface area contributed by atoms with Crippen LogP contribution in [-0.4, -0.2) is 13.3 Å². The zero-order valence-corrected chi connectivity index (χ0v) is 3.72. The van der Waals surface area contributed by atoms with Gasteiger partial charge in [-0.25, -0.2) is 0 Å². The van der Waals surface area contributed by atoms with Gasteiger partial charge >= 0.3 is 0 Å². The minimum Gasteiger partial charge on any atom is -0.319 e. The van der Waals surface area contributed by atoms with Gasteiger partial charge in [-0.15, -0.1) is 0 Å². The Morgan fingerprint density at radius 2 is 0.667 bits per heavy atom. The van der Waals surface area contributed by atoms with Crippen LogP contribution in [0.4, 0.5) is 0 Å². The molecule has 6 heavy (non-hydrogen) atoms. The molecule has 40 valence electrons. The van der Waals surface area contributed by atoms with E-state index in [1.807, 2.05) is 0 Å². The topological polar surface area (TPSA) is 104 Å². The van der Waals surface area contributed by atoms with Crippen molar-refractivity contribution in [2.45, 2.75) is 0 Å². The molecule has 0 spiro atoms.